The molecule has 10 heteroatoms. The summed E-state index contributed by atoms with van der Waals surface area (Å²) in [7, 11) is -3.64. The maximum Gasteiger partial charge on any atom is 0.285 e. The molecule has 0 radical (unpaired) electrons. The molecule has 0 bridgehead atoms. The zero-order valence-electron chi connectivity index (χ0n) is 15.4. The van der Waals surface area contributed by atoms with Crippen molar-refractivity contribution in [1.29, 1.82) is 0 Å². The van der Waals surface area contributed by atoms with Crippen LogP contribution < -0.4 is 5.32 Å². The zero-order chi connectivity index (χ0) is 20.0. The van der Waals surface area contributed by atoms with Crippen LogP contribution in [0.15, 0.2) is 58.1 Å². The van der Waals surface area contributed by atoms with Crippen LogP contribution in [-0.4, -0.2) is 52.7 Å². The molecule has 0 aliphatic carbocycles. The van der Waals surface area contributed by atoms with Crippen molar-refractivity contribution in [3.63, 3.8) is 0 Å². The summed E-state index contributed by atoms with van der Waals surface area (Å²) >= 11 is 0. The normalized spacial score (nSPS) is 18.5. The molecule has 148 valence electrons. The van der Waals surface area contributed by atoms with Crippen LogP contribution in [0.1, 0.15) is 18.4 Å². The van der Waals surface area contributed by atoms with Crippen molar-refractivity contribution in [3.8, 4) is 0 Å². The summed E-state index contributed by atoms with van der Waals surface area (Å²) in [5.41, 5.74) is 1.30. The lowest BCUT2D eigenvalue weighted by Gasteiger charge is -2.32. The van der Waals surface area contributed by atoms with Crippen LogP contribution in [0.4, 0.5) is 5.82 Å². The van der Waals surface area contributed by atoms with E-state index in [9.17, 15) is 13.2 Å². The lowest BCUT2D eigenvalue weighted by Crippen LogP contribution is -2.41. The average Bonchev–Trinajstić information content (AvgIpc) is 3.32. The maximum atomic E-state index is 12.7. The maximum absolute atomic E-state index is 12.7. The highest BCUT2D eigenvalue weighted by atomic mass is 32.2. The smallest absolute Gasteiger partial charge is 0.285 e. The number of fused-ring (bicyclic) bond motifs is 2. The van der Waals surface area contributed by atoms with E-state index in [1.165, 1.54) is 0 Å². The molecule has 2 aliphatic heterocycles. The lowest BCUT2D eigenvalue weighted by molar-refractivity contribution is -0.121. The van der Waals surface area contributed by atoms with Gasteiger partial charge in [-0.3, -0.25) is 4.79 Å². The Hall–Kier alpha value is -3.27. The molecule has 0 unspecified atom stereocenters. The van der Waals surface area contributed by atoms with E-state index in [0.29, 0.717) is 48.8 Å². The molecule has 4 heterocycles. The molecule has 1 amide bonds. The molecule has 1 aromatic carbocycles. The van der Waals surface area contributed by atoms with Gasteiger partial charge in [0.1, 0.15) is 10.7 Å². The Balaban J connectivity index is 1.29. The van der Waals surface area contributed by atoms with Gasteiger partial charge in [-0.1, -0.05) is 12.1 Å². The van der Waals surface area contributed by atoms with E-state index in [0.717, 1.165) is 0 Å². The van der Waals surface area contributed by atoms with E-state index in [2.05, 4.69) is 19.8 Å². The Morgan fingerprint density at radius 1 is 1.07 bits per heavy atom. The first kappa shape index (κ1) is 17.8. The quantitative estimate of drug-likeness (QED) is 0.686. The third-order valence-electron chi connectivity index (χ3n) is 5.32. The molecule has 2 aromatic heterocycles. The number of carbonyl (C=O) groups excluding carboxylic acids is 1. The number of benzene rings is 1. The van der Waals surface area contributed by atoms with Gasteiger partial charge in [0.05, 0.1) is 6.20 Å². The van der Waals surface area contributed by atoms with E-state index >= 15 is 0 Å². The van der Waals surface area contributed by atoms with Crippen molar-refractivity contribution in [2.75, 3.05) is 18.4 Å². The van der Waals surface area contributed by atoms with Crippen LogP contribution in [0.2, 0.25) is 0 Å². The van der Waals surface area contributed by atoms with Crippen LogP contribution in [0.3, 0.4) is 0 Å². The van der Waals surface area contributed by atoms with Crippen LogP contribution in [0, 0.1) is 5.92 Å². The fraction of sp³-hybridized carbons (Fsp3) is 0.263. The predicted molar refractivity (Wildman–Crippen MR) is 106 cm³/mol. The molecule has 1 saturated heterocycles. The molecule has 0 saturated carbocycles. The Morgan fingerprint density at radius 3 is 2.69 bits per heavy atom. The molecule has 3 aromatic rings. The fourth-order valence-corrected chi connectivity index (χ4v) is 5.06. The number of likely N-dealkylation sites (tertiary alicyclic amines) is 1. The van der Waals surface area contributed by atoms with Gasteiger partial charge in [-0.25, -0.2) is 4.98 Å². The number of nitrogens with one attached hydrogen (secondary N) is 1. The SMILES string of the molecule is O=C(Nc1ccnc2ccnn12)C1CCN(C2=NS(=O)(=O)c3ccccc32)CC1. The number of sulfonamides is 1. The second kappa shape index (κ2) is 6.66. The highest BCUT2D eigenvalue weighted by Crippen LogP contribution is 2.30. The van der Waals surface area contributed by atoms with Gasteiger partial charge in [0.25, 0.3) is 10.0 Å². The number of piperidine rings is 1. The van der Waals surface area contributed by atoms with Gasteiger partial charge in [0, 0.05) is 36.8 Å². The van der Waals surface area contributed by atoms with Crippen LogP contribution in [0.25, 0.3) is 5.65 Å². The molecule has 9 nitrogen and oxygen atoms in total. The Labute approximate surface area is 167 Å². The first-order valence-electron chi connectivity index (χ1n) is 9.32. The minimum Gasteiger partial charge on any atom is -0.355 e. The van der Waals surface area contributed by atoms with Crippen molar-refractivity contribution in [3.05, 3.63) is 54.4 Å². The number of amides is 1. The van der Waals surface area contributed by atoms with Crippen LogP contribution in [0.5, 0.6) is 0 Å². The van der Waals surface area contributed by atoms with Gasteiger partial charge in [0.15, 0.2) is 11.5 Å². The summed E-state index contributed by atoms with van der Waals surface area (Å²) in [6.45, 7) is 1.13. The third kappa shape index (κ3) is 3.05. The standard InChI is InChI=1S/C19H18N6O3S/c26-19(22-17-5-9-20-16-6-10-21-25(16)17)13-7-11-24(12-8-13)18-14-3-1-2-4-15(14)29(27,28)23-18/h1-6,9-10,13H,7-8,11-12H2,(H,22,26). The van der Waals surface area contributed by atoms with Gasteiger partial charge in [-0.2, -0.15) is 18.0 Å². The van der Waals surface area contributed by atoms with E-state index < -0.39 is 10.0 Å². The minimum absolute atomic E-state index is 0.0750. The van der Waals surface area contributed by atoms with Crippen LogP contribution >= 0.6 is 0 Å². The summed E-state index contributed by atoms with van der Waals surface area (Å²) < 4.78 is 30.1. The molecule has 0 spiro atoms. The summed E-state index contributed by atoms with van der Waals surface area (Å²) in [6, 6.07) is 10.3. The monoisotopic (exact) mass is 410 g/mol. The summed E-state index contributed by atoms with van der Waals surface area (Å²) in [6.07, 6.45) is 4.48. The molecular weight excluding hydrogens is 392 g/mol. The average molecular weight is 410 g/mol. The van der Waals surface area contributed by atoms with Crippen LogP contribution in [-0.2, 0) is 14.8 Å². The van der Waals surface area contributed by atoms with Crippen molar-refractivity contribution in [1.82, 2.24) is 19.5 Å². The van der Waals surface area contributed by atoms with Crippen molar-refractivity contribution in [2.45, 2.75) is 17.7 Å². The van der Waals surface area contributed by atoms with Gasteiger partial charge in [-0.15, -0.1) is 4.40 Å². The van der Waals surface area contributed by atoms with E-state index in [-0.39, 0.29) is 16.7 Å². The van der Waals surface area contributed by atoms with E-state index in [4.69, 9.17) is 0 Å². The Kier molecular flexibility index (Phi) is 4.09. The first-order chi connectivity index (χ1) is 14.0. The van der Waals surface area contributed by atoms with Gasteiger partial charge < -0.3 is 10.2 Å². The lowest BCUT2D eigenvalue weighted by atomic mass is 9.95. The highest BCUT2D eigenvalue weighted by Gasteiger charge is 2.34. The Morgan fingerprint density at radius 2 is 1.86 bits per heavy atom. The second-order valence-corrected chi connectivity index (χ2v) is 8.64. The number of hydrogen-bond donors (Lipinski definition) is 1. The van der Waals surface area contributed by atoms with Gasteiger partial charge in [0.2, 0.25) is 5.91 Å². The number of amidine groups is 1. The number of hydrogen-bond acceptors (Lipinski definition) is 6. The van der Waals surface area contributed by atoms with Gasteiger partial charge in [-0.05, 0) is 31.0 Å². The molecule has 1 fully saturated rings. The number of aromatic nitrogens is 3. The largest absolute Gasteiger partial charge is 0.355 e. The zero-order valence-corrected chi connectivity index (χ0v) is 16.2. The highest BCUT2D eigenvalue weighted by molar-refractivity contribution is 7.90. The fourth-order valence-electron chi connectivity index (χ4n) is 3.83. The van der Waals surface area contributed by atoms with Crippen molar-refractivity contribution >= 4 is 33.2 Å². The molecule has 2 aliphatic rings. The number of carbonyl (C=O) groups is 1. The third-order valence-corrected chi connectivity index (χ3v) is 6.64. The summed E-state index contributed by atoms with van der Waals surface area (Å²) in [5.74, 6) is 0.812. The molecular formula is C19H18N6O3S. The number of rotatable bonds is 2. The second-order valence-electron chi connectivity index (χ2n) is 7.07. The topological polar surface area (TPSA) is 109 Å². The number of anilines is 1. The minimum atomic E-state index is -3.64. The molecule has 29 heavy (non-hydrogen) atoms. The van der Waals surface area contributed by atoms with E-state index in [1.807, 2.05) is 4.90 Å². The van der Waals surface area contributed by atoms with E-state index in [1.54, 1.807) is 53.3 Å². The molecule has 0 atom stereocenters. The van der Waals surface area contributed by atoms with Crippen molar-refractivity contribution < 1.29 is 13.2 Å². The number of nitrogens with zero attached hydrogens (tertiary/aromatic N) is 5. The predicted octanol–water partition coefficient (Wildman–Crippen LogP) is 1.53. The Bertz CT molecular complexity index is 1240. The van der Waals surface area contributed by atoms with Gasteiger partial charge >= 0.3 is 0 Å². The molecule has 5 rings (SSSR count). The summed E-state index contributed by atoms with van der Waals surface area (Å²) in [4.78, 5) is 19.1. The molecule has 1 N–H and O–H groups in total. The van der Waals surface area contributed by atoms with Crippen molar-refractivity contribution in [2.24, 2.45) is 10.3 Å². The summed E-state index contributed by atoms with van der Waals surface area (Å²) in [5, 5.41) is 7.11. The first-order valence-corrected chi connectivity index (χ1v) is 10.8.